The van der Waals surface area contributed by atoms with Crippen molar-refractivity contribution in [1.82, 2.24) is 10.2 Å². The first kappa shape index (κ1) is 11.9. The number of aliphatic carboxylic acids is 1. The molecule has 5 heteroatoms. The van der Waals surface area contributed by atoms with Crippen LogP contribution in [0.15, 0.2) is 30.5 Å². The molecule has 0 radical (unpaired) electrons. The number of nitrogens with zero attached hydrogens (tertiary/aromatic N) is 3. The second-order valence-electron chi connectivity index (χ2n) is 4.82. The number of carboxylic acids is 1. The van der Waals surface area contributed by atoms with E-state index in [4.69, 9.17) is 5.11 Å². The van der Waals surface area contributed by atoms with Crippen LogP contribution in [0.4, 0.5) is 5.69 Å². The van der Waals surface area contributed by atoms with Crippen molar-refractivity contribution in [2.45, 2.75) is 25.3 Å². The Balaban J connectivity index is 1.97. The summed E-state index contributed by atoms with van der Waals surface area (Å²) in [4.78, 5) is 12.9. The molecule has 5 nitrogen and oxygen atoms in total. The Morgan fingerprint density at radius 2 is 2.16 bits per heavy atom. The van der Waals surface area contributed by atoms with E-state index in [1.54, 1.807) is 6.20 Å². The molecule has 1 N–H and O–H groups in total. The number of hydrogen-bond donors (Lipinski definition) is 1. The average molecular weight is 257 g/mol. The molecule has 0 bridgehead atoms. The molecule has 1 aromatic carbocycles. The summed E-state index contributed by atoms with van der Waals surface area (Å²) < 4.78 is 0. The quantitative estimate of drug-likeness (QED) is 0.888. The smallest absolute Gasteiger partial charge is 0.305 e. The maximum Gasteiger partial charge on any atom is 0.305 e. The van der Waals surface area contributed by atoms with Crippen LogP contribution in [0.5, 0.6) is 0 Å². The second kappa shape index (κ2) is 4.84. The monoisotopic (exact) mass is 257 g/mol. The molecule has 0 atom stereocenters. The number of benzene rings is 1. The molecule has 1 fully saturated rings. The summed E-state index contributed by atoms with van der Waals surface area (Å²) >= 11 is 0. The van der Waals surface area contributed by atoms with E-state index in [-0.39, 0.29) is 6.42 Å². The molecule has 1 aromatic heterocycles. The zero-order chi connectivity index (χ0) is 13.2. The third-order valence-corrected chi connectivity index (χ3v) is 3.39. The third-order valence-electron chi connectivity index (χ3n) is 3.39. The van der Waals surface area contributed by atoms with Crippen molar-refractivity contribution in [3.8, 4) is 0 Å². The predicted octanol–water partition coefficient (Wildman–Crippen LogP) is 2.07. The Bertz CT molecular complexity index is 605. The molecule has 2 aromatic rings. The van der Waals surface area contributed by atoms with Crippen molar-refractivity contribution in [3.63, 3.8) is 0 Å². The van der Waals surface area contributed by atoms with Gasteiger partial charge in [0.15, 0.2) is 0 Å². The molecule has 1 heterocycles. The van der Waals surface area contributed by atoms with Crippen molar-refractivity contribution in [3.05, 3.63) is 30.5 Å². The van der Waals surface area contributed by atoms with E-state index in [1.807, 2.05) is 24.3 Å². The lowest BCUT2D eigenvalue weighted by atomic mass is 10.2. The minimum atomic E-state index is -0.767. The largest absolute Gasteiger partial charge is 0.481 e. The third kappa shape index (κ3) is 2.50. The second-order valence-corrected chi connectivity index (χ2v) is 4.82. The fourth-order valence-electron chi connectivity index (χ4n) is 2.32. The van der Waals surface area contributed by atoms with Crippen molar-refractivity contribution >= 4 is 22.6 Å². The maximum absolute atomic E-state index is 10.8. The highest BCUT2D eigenvalue weighted by Gasteiger charge is 2.30. The summed E-state index contributed by atoms with van der Waals surface area (Å²) in [5, 5.41) is 18.0. The molecule has 1 aliphatic carbocycles. The summed E-state index contributed by atoms with van der Waals surface area (Å²) in [5.41, 5.74) is 1.84. The van der Waals surface area contributed by atoms with Gasteiger partial charge in [-0.05, 0) is 18.9 Å². The predicted molar refractivity (Wildman–Crippen MR) is 72.2 cm³/mol. The SMILES string of the molecule is O=C(O)CCN(c1cnnc2ccccc12)C1CC1. The first-order valence-electron chi connectivity index (χ1n) is 6.44. The molecular formula is C14H15N3O2. The number of carbonyl (C=O) groups is 1. The molecule has 98 valence electrons. The Kier molecular flexibility index (Phi) is 3.03. The molecule has 0 unspecified atom stereocenters. The number of fused-ring (bicyclic) bond motifs is 1. The molecule has 1 aliphatic rings. The van der Waals surface area contributed by atoms with Crippen LogP contribution < -0.4 is 4.90 Å². The van der Waals surface area contributed by atoms with Crippen molar-refractivity contribution in [2.75, 3.05) is 11.4 Å². The average Bonchev–Trinajstić information content (AvgIpc) is 3.23. The van der Waals surface area contributed by atoms with Crippen molar-refractivity contribution < 1.29 is 9.90 Å². The minimum absolute atomic E-state index is 0.146. The van der Waals surface area contributed by atoms with Crippen molar-refractivity contribution in [2.24, 2.45) is 0 Å². The van der Waals surface area contributed by atoms with Gasteiger partial charge in [-0.25, -0.2) is 0 Å². The first-order valence-corrected chi connectivity index (χ1v) is 6.44. The van der Waals surface area contributed by atoms with E-state index in [2.05, 4.69) is 15.1 Å². The number of carboxylic acid groups (broad SMARTS) is 1. The molecule has 0 amide bonds. The van der Waals surface area contributed by atoms with E-state index in [0.717, 1.165) is 29.4 Å². The van der Waals surface area contributed by atoms with E-state index < -0.39 is 5.97 Å². The van der Waals surface area contributed by atoms with Gasteiger partial charge in [0.25, 0.3) is 0 Å². The number of aromatic nitrogens is 2. The lowest BCUT2D eigenvalue weighted by Gasteiger charge is -2.24. The van der Waals surface area contributed by atoms with Crippen LogP contribution in [0.25, 0.3) is 10.9 Å². The van der Waals surface area contributed by atoms with Crippen LogP contribution in [0.3, 0.4) is 0 Å². The van der Waals surface area contributed by atoms with Gasteiger partial charge in [-0.15, -0.1) is 0 Å². The van der Waals surface area contributed by atoms with E-state index in [9.17, 15) is 4.79 Å². The lowest BCUT2D eigenvalue weighted by molar-refractivity contribution is -0.136. The van der Waals surface area contributed by atoms with Gasteiger partial charge in [-0.1, -0.05) is 18.2 Å². The van der Waals surface area contributed by atoms with Crippen LogP contribution in [0.1, 0.15) is 19.3 Å². The summed E-state index contributed by atoms with van der Waals surface area (Å²) in [7, 11) is 0. The van der Waals surface area contributed by atoms with Gasteiger partial charge >= 0.3 is 5.97 Å². The van der Waals surface area contributed by atoms with Crippen LogP contribution in [0, 0.1) is 0 Å². The van der Waals surface area contributed by atoms with E-state index in [0.29, 0.717) is 12.6 Å². The zero-order valence-electron chi connectivity index (χ0n) is 10.5. The highest BCUT2D eigenvalue weighted by molar-refractivity contribution is 5.91. The van der Waals surface area contributed by atoms with Gasteiger partial charge < -0.3 is 10.0 Å². The fraction of sp³-hybridized carbons (Fsp3) is 0.357. The Morgan fingerprint density at radius 3 is 2.89 bits per heavy atom. The van der Waals surface area contributed by atoms with E-state index in [1.165, 1.54) is 0 Å². The summed E-state index contributed by atoms with van der Waals surface area (Å²) in [6.07, 6.45) is 4.13. The molecule has 0 aliphatic heterocycles. The highest BCUT2D eigenvalue weighted by atomic mass is 16.4. The molecule has 19 heavy (non-hydrogen) atoms. The van der Waals surface area contributed by atoms with Gasteiger partial charge in [-0.2, -0.15) is 10.2 Å². The van der Waals surface area contributed by atoms with Gasteiger partial charge in [0.1, 0.15) is 0 Å². The van der Waals surface area contributed by atoms with Crippen LogP contribution in [0.2, 0.25) is 0 Å². The topological polar surface area (TPSA) is 66.3 Å². The van der Waals surface area contributed by atoms with Gasteiger partial charge in [-0.3, -0.25) is 4.79 Å². The van der Waals surface area contributed by atoms with Crippen LogP contribution in [-0.4, -0.2) is 33.9 Å². The number of anilines is 1. The number of hydrogen-bond acceptors (Lipinski definition) is 4. The standard InChI is InChI=1S/C14H15N3O2/c18-14(19)7-8-17(10-5-6-10)13-9-15-16-12-4-2-1-3-11(12)13/h1-4,9-10H,5-8H2,(H,18,19). The highest BCUT2D eigenvalue weighted by Crippen LogP contribution is 2.34. The summed E-state index contributed by atoms with van der Waals surface area (Å²) in [6.45, 7) is 0.523. The Hall–Kier alpha value is -2.17. The van der Waals surface area contributed by atoms with Crippen LogP contribution >= 0.6 is 0 Å². The molecule has 1 saturated carbocycles. The maximum atomic E-state index is 10.8. The van der Waals surface area contributed by atoms with Crippen LogP contribution in [-0.2, 0) is 4.79 Å². The Morgan fingerprint density at radius 1 is 1.37 bits per heavy atom. The van der Waals surface area contributed by atoms with Gasteiger partial charge in [0.2, 0.25) is 0 Å². The lowest BCUT2D eigenvalue weighted by Crippen LogP contribution is -2.28. The molecular weight excluding hydrogens is 242 g/mol. The summed E-state index contributed by atoms with van der Waals surface area (Å²) in [5.74, 6) is -0.767. The Labute approximate surface area is 110 Å². The zero-order valence-corrected chi connectivity index (χ0v) is 10.5. The van der Waals surface area contributed by atoms with E-state index >= 15 is 0 Å². The first-order chi connectivity index (χ1) is 9.25. The van der Waals surface area contributed by atoms with Crippen molar-refractivity contribution in [1.29, 1.82) is 0 Å². The molecule has 0 saturated heterocycles. The molecule has 3 rings (SSSR count). The molecule has 0 spiro atoms. The summed E-state index contributed by atoms with van der Waals surface area (Å²) in [6, 6.07) is 8.28. The van der Waals surface area contributed by atoms with Gasteiger partial charge in [0, 0.05) is 18.0 Å². The normalized spacial score (nSPS) is 14.5. The van der Waals surface area contributed by atoms with Gasteiger partial charge in [0.05, 0.1) is 23.8 Å². The minimum Gasteiger partial charge on any atom is -0.481 e. The number of rotatable bonds is 5. The fourth-order valence-corrected chi connectivity index (χ4v) is 2.32.